The summed E-state index contributed by atoms with van der Waals surface area (Å²) in [7, 11) is 0. The van der Waals surface area contributed by atoms with Crippen LogP contribution in [0.25, 0.3) is 0 Å². The summed E-state index contributed by atoms with van der Waals surface area (Å²) in [5.41, 5.74) is 0. The van der Waals surface area contributed by atoms with Crippen LogP contribution in [0.3, 0.4) is 0 Å². The molecule has 0 heterocycles. The van der Waals surface area contributed by atoms with Gasteiger partial charge in [0, 0.05) is 55.1 Å². The summed E-state index contributed by atoms with van der Waals surface area (Å²) in [5.74, 6) is 0. The Balaban J connectivity index is -0.00000000167. The monoisotopic (exact) mass is 404 g/mol. The second kappa shape index (κ2) is 24.6. The molecule has 1 radical (unpaired) electrons. The summed E-state index contributed by atoms with van der Waals surface area (Å²) in [5, 5.41) is 0. The van der Waals surface area contributed by atoms with E-state index in [4.69, 9.17) is 0 Å². The smallest absolute Gasteiger partial charge is 0 e. The summed E-state index contributed by atoms with van der Waals surface area (Å²) in [4.78, 5) is 0. The molecule has 5 heteroatoms. The van der Waals surface area contributed by atoms with Crippen LogP contribution >= 0.6 is 0 Å². The van der Waals surface area contributed by atoms with E-state index in [1.54, 1.807) is 0 Å². The van der Waals surface area contributed by atoms with Crippen molar-refractivity contribution in [1.82, 2.24) is 0 Å². The normalized spacial score (nSPS) is 1.40. The van der Waals surface area contributed by atoms with Crippen molar-refractivity contribution in [2.45, 2.75) is 0 Å². The van der Waals surface area contributed by atoms with Gasteiger partial charge in [-0.25, -0.2) is 0 Å². The van der Waals surface area contributed by atoms with E-state index in [9.17, 15) is 0 Å². The maximum atomic E-state index is 1.44. The van der Waals surface area contributed by atoms with Gasteiger partial charge in [-0.2, -0.15) is 0 Å². The molecular weight excluding hydrogens is 399 g/mol. The van der Waals surface area contributed by atoms with Crippen molar-refractivity contribution in [2.24, 2.45) is 0 Å². The minimum absolute atomic E-state index is 0. The third-order valence-corrected chi connectivity index (χ3v) is 0. The Morgan fingerprint density at radius 3 is 1.20 bits per heavy atom. The zero-order valence-corrected chi connectivity index (χ0v) is 14.5. The summed E-state index contributed by atoms with van der Waals surface area (Å²) >= 11 is 1.44. The molecule has 5 heavy (non-hydrogen) atoms. The van der Waals surface area contributed by atoms with Crippen LogP contribution in [0.15, 0.2) is 0 Å². The molecule has 22 valence electrons. The Bertz CT molecular complexity index is 11.6. The van der Waals surface area contributed by atoms with Crippen LogP contribution in [-0.4, -0.2) is 22.0 Å². The number of hydrogen-bond acceptors (Lipinski definition) is 0. The van der Waals surface area contributed by atoms with E-state index in [-0.39, 0.29) is 72.4 Å². The number of rotatable bonds is 0. The van der Waals surface area contributed by atoms with Crippen LogP contribution in [0, 0.1) is 74.1 Å². The average Bonchev–Trinajstić information content (AvgIpc) is 1.00. The second-order valence-corrected chi connectivity index (χ2v) is 0. The number of hydrogen-bond donors (Lipinski definition) is 0. The molecule has 0 bridgehead atoms. The van der Waals surface area contributed by atoms with Gasteiger partial charge in [-0.3, -0.25) is 0 Å². The van der Waals surface area contributed by atoms with Crippen molar-refractivity contribution in [3.63, 3.8) is 0 Å². The molecule has 0 aromatic rings. The second-order valence-electron chi connectivity index (χ2n) is 0. The molecule has 0 aliphatic carbocycles. The van der Waals surface area contributed by atoms with Gasteiger partial charge < -0.3 is 0 Å². The SMILES string of the molecule is [AlH3].[La].[SiH3][Ce].[Zn]. The van der Waals surface area contributed by atoms with Crippen molar-refractivity contribution in [1.29, 1.82) is 0 Å². The summed E-state index contributed by atoms with van der Waals surface area (Å²) in [6, 6.07) is 0. The van der Waals surface area contributed by atoms with Crippen molar-refractivity contribution in [3.05, 3.63) is 0 Å². The summed E-state index contributed by atoms with van der Waals surface area (Å²) < 4.78 is 1.44. The van der Waals surface area contributed by atoms with Crippen LogP contribution in [0.4, 0.5) is 0 Å². The standard InChI is InChI=1S/Al.Ce.La.H3Si.Zn.3H/h;;;1H3;;;;. The fraction of sp³-hybridized carbons (Fsp3) is 0. The molecular formula is H6AlCeLaSiZn. The predicted octanol–water partition coefficient (Wildman–Crippen LogP) is -2.37. The Hall–Kier alpha value is 3.94. The van der Waals surface area contributed by atoms with E-state index in [0.29, 0.717) is 0 Å². The minimum atomic E-state index is 0. The van der Waals surface area contributed by atoms with Crippen molar-refractivity contribution in [2.75, 3.05) is 0 Å². The maximum Gasteiger partial charge on any atom is 0 e. The molecule has 0 aromatic heterocycles. The maximum absolute atomic E-state index is 1.44. The topological polar surface area (TPSA) is 0 Å². The molecule has 0 saturated heterocycles. The molecule has 0 N–H and O–H groups in total. The van der Waals surface area contributed by atoms with Gasteiger partial charge in [-0.05, 0) is 0 Å². The molecule has 0 fully saturated rings. The molecule has 0 saturated carbocycles. The van der Waals surface area contributed by atoms with E-state index < -0.39 is 0 Å². The van der Waals surface area contributed by atoms with E-state index >= 15 is 0 Å². The average molecular weight is 406 g/mol. The van der Waals surface area contributed by atoms with Crippen LogP contribution in [0.1, 0.15) is 0 Å². The molecule has 0 amide bonds. The molecule has 0 nitrogen and oxygen atoms in total. The van der Waals surface area contributed by atoms with Gasteiger partial charge >= 0.3 is 43.2 Å². The van der Waals surface area contributed by atoms with E-state index in [1.807, 2.05) is 0 Å². The first-order valence-corrected chi connectivity index (χ1v) is 10.9. The first-order chi connectivity index (χ1) is 1.00. The fourth-order valence-electron chi connectivity index (χ4n) is 0. The van der Waals surface area contributed by atoms with Crippen molar-refractivity contribution in [3.8, 4) is 0 Å². The van der Waals surface area contributed by atoms with Gasteiger partial charge in [-0.1, -0.05) is 0 Å². The van der Waals surface area contributed by atoms with Crippen LogP contribution in [0.5, 0.6) is 0 Å². The van der Waals surface area contributed by atoms with Gasteiger partial charge in [0.1, 0.15) is 0 Å². The first kappa shape index (κ1) is 23.1. The predicted molar refractivity (Wildman–Crippen MR) is 19.9 cm³/mol. The van der Waals surface area contributed by atoms with Gasteiger partial charge in [0.2, 0.25) is 0 Å². The van der Waals surface area contributed by atoms with Crippen LogP contribution in [0.2, 0.25) is 0 Å². The van der Waals surface area contributed by atoms with E-state index in [1.165, 1.54) is 43.2 Å². The Morgan fingerprint density at radius 1 is 1.20 bits per heavy atom. The molecule has 0 spiro atoms. The molecule has 0 aliphatic heterocycles. The Labute approximate surface area is 112 Å². The fourth-order valence-corrected chi connectivity index (χ4v) is 0. The van der Waals surface area contributed by atoms with E-state index in [2.05, 4.69) is 0 Å². The molecule has 0 atom stereocenters. The molecule has 0 aliphatic rings. The third-order valence-electron chi connectivity index (χ3n) is 0. The largest absolute Gasteiger partial charge is 0 e. The zero-order valence-electron chi connectivity index (χ0n) is 2.78. The van der Waals surface area contributed by atoms with Crippen molar-refractivity contribution < 1.29 is 93.6 Å². The van der Waals surface area contributed by atoms with Crippen LogP contribution < -0.4 is 0 Å². The summed E-state index contributed by atoms with van der Waals surface area (Å²) in [6.45, 7) is 0. The van der Waals surface area contributed by atoms with Gasteiger partial charge in [-0.15, -0.1) is 0 Å². The third kappa shape index (κ3) is 18.0. The van der Waals surface area contributed by atoms with Crippen molar-refractivity contribution >= 4 is 22.0 Å². The minimum Gasteiger partial charge on any atom is 0 e. The Kier molecular flexibility index (Phi) is 114. The Morgan fingerprint density at radius 2 is 1.20 bits per heavy atom. The van der Waals surface area contributed by atoms with E-state index in [0.717, 1.165) is 0 Å². The quantitative estimate of drug-likeness (QED) is 0.396. The van der Waals surface area contributed by atoms with Crippen LogP contribution in [-0.2, 0) is 19.5 Å². The zero-order chi connectivity index (χ0) is 2.00. The molecule has 0 rings (SSSR count). The first-order valence-electron chi connectivity index (χ1n) is 0.500. The van der Waals surface area contributed by atoms with Gasteiger partial charge in [0.15, 0.2) is 17.4 Å². The molecule has 0 unspecified atom stereocenters. The van der Waals surface area contributed by atoms with Gasteiger partial charge in [0.05, 0.1) is 0 Å². The summed E-state index contributed by atoms with van der Waals surface area (Å²) in [6.07, 6.45) is 0. The molecule has 0 aromatic carbocycles. The van der Waals surface area contributed by atoms with Gasteiger partial charge in [0.25, 0.3) is 0 Å².